The summed E-state index contributed by atoms with van der Waals surface area (Å²) in [6, 6.07) is 9.61. The van der Waals surface area contributed by atoms with E-state index in [2.05, 4.69) is 25.7 Å². The van der Waals surface area contributed by atoms with Crippen molar-refractivity contribution < 1.29 is 9.32 Å². The predicted octanol–water partition coefficient (Wildman–Crippen LogP) is 3.31. The van der Waals surface area contributed by atoms with Crippen molar-refractivity contribution >= 4 is 22.5 Å². The zero-order valence-electron chi connectivity index (χ0n) is 14.3. The van der Waals surface area contributed by atoms with Crippen LogP contribution in [-0.2, 0) is 0 Å². The molecule has 1 aliphatic rings. The number of hydrogen-bond acceptors (Lipinski definition) is 7. The summed E-state index contributed by atoms with van der Waals surface area (Å²) in [6.45, 7) is 3.13. The Labute approximate surface area is 154 Å². The summed E-state index contributed by atoms with van der Waals surface area (Å²) in [5.74, 6) is 1.42. The van der Waals surface area contributed by atoms with Gasteiger partial charge < -0.3 is 9.42 Å². The van der Waals surface area contributed by atoms with E-state index in [4.69, 9.17) is 4.52 Å². The molecule has 0 atom stereocenters. The molecular formula is C17H18N6O2S. The van der Waals surface area contributed by atoms with Crippen LogP contribution in [0.15, 0.2) is 34.9 Å². The molecule has 26 heavy (non-hydrogen) atoms. The second-order valence-corrected chi connectivity index (χ2v) is 7.32. The molecule has 0 spiro atoms. The van der Waals surface area contributed by atoms with Crippen molar-refractivity contribution in [3.8, 4) is 11.4 Å². The summed E-state index contributed by atoms with van der Waals surface area (Å²) in [5, 5.41) is 16.0. The Morgan fingerprint density at radius 1 is 1.23 bits per heavy atom. The Hall–Kier alpha value is -2.81. The molecule has 0 bridgehead atoms. The zero-order valence-corrected chi connectivity index (χ0v) is 15.1. The van der Waals surface area contributed by atoms with Crippen LogP contribution in [0.2, 0.25) is 0 Å². The monoisotopic (exact) mass is 370 g/mol. The van der Waals surface area contributed by atoms with Crippen LogP contribution in [0.1, 0.15) is 29.7 Å². The third-order valence-corrected chi connectivity index (χ3v) is 5.10. The number of aromatic nitrogens is 4. The maximum Gasteiger partial charge on any atom is 0.323 e. The number of nitrogens with one attached hydrogen (secondary N) is 1. The van der Waals surface area contributed by atoms with E-state index in [0.29, 0.717) is 29.9 Å². The second kappa shape index (κ2) is 7.20. The average molecular weight is 370 g/mol. The van der Waals surface area contributed by atoms with Gasteiger partial charge in [0.2, 0.25) is 16.8 Å². The van der Waals surface area contributed by atoms with Gasteiger partial charge in [-0.1, -0.05) is 46.8 Å². The Bertz CT molecular complexity index is 886. The molecule has 1 aromatic carbocycles. The van der Waals surface area contributed by atoms with Gasteiger partial charge in [0.05, 0.1) is 0 Å². The molecule has 0 saturated carbocycles. The normalized spacial score (nSPS) is 15.2. The highest BCUT2D eigenvalue weighted by Crippen LogP contribution is 2.29. The lowest BCUT2D eigenvalue weighted by Gasteiger charge is -2.29. The quantitative estimate of drug-likeness (QED) is 0.760. The topological polar surface area (TPSA) is 97.0 Å². The minimum atomic E-state index is -0.143. The summed E-state index contributed by atoms with van der Waals surface area (Å²) < 4.78 is 5.46. The first kappa shape index (κ1) is 16.6. The number of benzene rings is 1. The SMILES string of the molecule is Cc1nnc(NC(=O)N2CCC(c3nc(-c4ccccc4)no3)CC2)s1. The lowest BCUT2D eigenvalue weighted by molar-refractivity contribution is 0.187. The summed E-state index contributed by atoms with van der Waals surface area (Å²) in [4.78, 5) is 18.6. The molecule has 9 heteroatoms. The van der Waals surface area contributed by atoms with Crippen molar-refractivity contribution in [2.75, 3.05) is 18.4 Å². The van der Waals surface area contributed by atoms with Crippen LogP contribution in [0.3, 0.4) is 0 Å². The molecule has 0 radical (unpaired) electrons. The summed E-state index contributed by atoms with van der Waals surface area (Å²) in [5.41, 5.74) is 0.937. The highest BCUT2D eigenvalue weighted by atomic mass is 32.1. The lowest BCUT2D eigenvalue weighted by atomic mass is 9.97. The molecule has 3 heterocycles. The summed E-state index contributed by atoms with van der Waals surface area (Å²) >= 11 is 1.36. The Morgan fingerprint density at radius 3 is 2.69 bits per heavy atom. The molecule has 2 aromatic heterocycles. The van der Waals surface area contributed by atoms with E-state index in [1.54, 1.807) is 4.90 Å². The van der Waals surface area contributed by atoms with Crippen molar-refractivity contribution in [2.45, 2.75) is 25.7 Å². The fraction of sp³-hybridized carbons (Fsp3) is 0.353. The van der Waals surface area contributed by atoms with Crippen molar-refractivity contribution in [2.24, 2.45) is 0 Å². The maximum atomic E-state index is 12.3. The predicted molar refractivity (Wildman–Crippen MR) is 96.9 cm³/mol. The molecule has 1 N–H and O–H groups in total. The molecule has 3 aromatic rings. The Kier molecular flexibility index (Phi) is 4.61. The zero-order chi connectivity index (χ0) is 17.9. The number of urea groups is 1. The second-order valence-electron chi connectivity index (χ2n) is 6.14. The van der Waals surface area contributed by atoms with E-state index in [9.17, 15) is 4.79 Å². The number of anilines is 1. The smallest absolute Gasteiger partial charge is 0.323 e. The number of piperidine rings is 1. The third kappa shape index (κ3) is 3.57. The molecular weight excluding hydrogens is 352 g/mol. The van der Waals surface area contributed by atoms with E-state index in [1.807, 2.05) is 37.3 Å². The molecule has 0 aliphatic carbocycles. The van der Waals surface area contributed by atoms with E-state index < -0.39 is 0 Å². The molecule has 2 amide bonds. The molecule has 1 saturated heterocycles. The summed E-state index contributed by atoms with van der Waals surface area (Å²) in [7, 11) is 0. The van der Waals surface area contributed by atoms with Crippen LogP contribution in [-0.4, -0.2) is 44.4 Å². The lowest BCUT2D eigenvalue weighted by Crippen LogP contribution is -2.40. The number of carbonyl (C=O) groups is 1. The van der Waals surface area contributed by atoms with E-state index in [1.165, 1.54) is 11.3 Å². The van der Waals surface area contributed by atoms with E-state index >= 15 is 0 Å². The number of carbonyl (C=O) groups excluding carboxylic acids is 1. The summed E-state index contributed by atoms with van der Waals surface area (Å²) in [6.07, 6.45) is 1.58. The number of hydrogen-bond donors (Lipinski definition) is 1. The van der Waals surface area contributed by atoms with E-state index in [-0.39, 0.29) is 11.9 Å². The molecule has 1 fully saturated rings. The van der Waals surface area contributed by atoms with Gasteiger partial charge in [0.25, 0.3) is 0 Å². The molecule has 1 aliphatic heterocycles. The van der Waals surface area contributed by atoms with Crippen LogP contribution >= 0.6 is 11.3 Å². The number of rotatable bonds is 3. The highest BCUT2D eigenvalue weighted by molar-refractivity contribution is 7.15. The van der Waals surface area contributed by atoms with Crippen LogP contribution in [0.25, 0.3) is 11.4 Å². The number of nitrogens with zero attached hydrogens (tertiary/aromatic N) is 5. The van der Waals surface area contributed by atoms with Crippen LogP contribution in [0.5, 0.6) is 0 Å². The largest absolute Gasteiger partial charge is 0.339 e. The van der Waals surface area contributed by atoms with Crippen LogP contribution in [0, 0.1) is 6.92 Å². The Balaban J connectivity index is 1.35. The van der Waals surface area contributed by atoms with Crippen LogP contribution in [0.4, 0.5) is 9.93 Å². The minimum absolute atomic E-state index is 0.143. The highest BCUT2D eigenvalue weighted by Gasteiger charge is 2.28. The first-order valence-electron chi connectivity index (χ1n) is 8.44. The third-order valence-electron chi connectivity index (χ3n) is 4.35. The molecule has 0 unspecified atom stereocenters. The van der Waals surface area contributed by atoms with Gasteiger partial charge in [-0.05, 0) is 19.8 Å². The fourth-order valence-corrected chi connectivity index (χ4v) is 3.53. The van der Waals surface area contributed by atoms with Gasteiger partial charge in [-0.2, -0.15) is 4.98 Å². The van der Waals surface area contributed by atoms with Crippen LogP contribution < -0.4 is 5.32 Å². The van der Waals surface area contributed by atoms with Crippen molar-refractivity contribution in [1.29, 1.82) is 0 Å². The van der Waals surface area contributed by atoms with Gasteiger partial charge in [-0.25, -0.2) is 4.79 Å². The van der Waals surface area contributed by atoms with Crippen molar-refractivity contribution in [1.82, 2.24) is 25.2 Å². The van der Waals surface area contributed by atoms with Gasteiger partial charge >= 0.3 is 6.03 Å². The number of aryl methyl sites for hydroxylation is 1. The Morgan fingerprint density at radius 2 is 2.00 bits per heavy atom. The fourth-order valence-electron chi connectivity index (χ4n) is 2.95. The van der Waals surface area contributed by atoms with E-state index in [0.717, 1.165) is 23.4 Å². The maximum absolute atomic E-state index is 12.3. The number of likely N-dealkylation sites (tertiary alicyclic amines) is 1. The van der Waals surface area contributed by atoms with Crippen molar-refractivity contribution in [3.63, 3.8) is 0 Å². The van der Waals surface area contributed by atoms with Gasteiger partial charge in [0.1, 0.15) is 5.01 Å². The first-order valence-corrected chi connectivity index (χ1v) is 9.26. The van der Waals surface area contributed by atoms with Gasteiger partial charge in [0, 0.05) is 24.6 Å². The standard InChI is InChI=1S/C17H18N6O2S/c1-11-20-21-16(26-11)19-17(24)23-9-7-13(8-10-23)15-18-14(22-25-15)12-5-3-2-4-6-12/h2-6,13H,7-10H2,1H3,(H,19,21,24). The average Bonchev–Trinajstić information content (AvgIpc) is 3.32. The van der Waals surface area contributed by atoms with Gasteiger partial charge in [-0.15, -0.1) is 10.2 Å². The molecule has 8 nitrogen and oxygen atoms in total. The first-order chi connectivity index (χ1) is 12.7. The number of amides is 2. The van der Waals surface area contributed by atoms with Gasteiger partial charge in [0.15, 0.2) is 0 Å². The molecule has 134 valence electrons. The minimum Gasteiger partial charge on any atom is -0.339 e. The molecule has 4 rings (SSSR count). The van der Waals surface area contributed by atoms with Crippen molar-refractivity contribution in [3.05, 3.63) is 41.2 Å². The van der Waals surface area contributed by atoms with Gasteiger partial charge in [-0.3, -0.25) is 5.32 Å².